The number of carbonyl (C=O) groups is 1. The van der Waals surface area contributed by atoms with E-state index in [0.717, 1.165) is 6.42 Å². The third-order valence-corrected chi connectivity index (χ3v) is 2.08. The molecule has 0 aromatic rings. The molecule has 1 unspecified atom stereocenters. The standard InChI is InChI=1S/C9H12N2O3/c1-13-8-4-3-7(11-8)6(5-10)9(12)14-2/h8,11H,3-4H2,1-2H3/b7-6+. The first-order chi connectivity index (χ1) is 6.72. The summed E-state index contributed by atoms with van der Waals surface area (Å²) < 4.78 is 9.53. The van der Waals surface area contributed by atoms with Crippen LogP contribution >= 0.6 is 0 Å². The molecule has 0 amide bonds. The van der Waals surface area contributed by atoms with Crippen molar-refractivity contribution in [1.29, 1.82) is 5.26 Å². The van der Waals surface area contributed by atoms with Crippen LogP contribution in [-0.2, 0) is 14.3 Å². The molecule has 0 aromatic heterocycles. The summed E-state index contributed by atoms with van der Waals surface area (Å²) in [4.78, 5) is 11.1. The number of nitrogens with one attached hydrogen (secondary N) is 1. The van der Waals surface area contributed by atoms with E-state index in [1.165, 1.54) is 7.11 Å². The van der Waals surface area contributed by atoms with Crippen LogP contribution in [0, 0.1) is 11.3 Å². The van der Waals surface area contributed by atoms with Gasteiger partial charge in [0.2, 0.25) is 0 Å². The predicted octanol–water partition coefficient (Wildman–Crippen LogP) is 0.293. The number of hydrogen-bond acceptors (Lipinski definition) is 5. The summed E-state index contributed by atoms with van der Waals surface area (Å²) in [5, 5.41) is 11.7. The van der Waals surface area contributed by atoms with Gasteiger partial charge in [-0.15, -0.1) is 0 Å². The van der Waals surface area contributed by atoms with Crippen LogP contribution in [0.2, 0.25) is 0 Å². The zero-order chi connectivity index (χ0) is 10.6. The molecule has 1 fully saturated rings. The zero-order valence-corrected chi connectivity index (χ0v) is 8.16. The monoisotopic (exact) mass is 196 g/mol. The van der Waals surface area contributed by atoms with Crippen LogP contribution in [0.1, 0.15) is 12.8 Å². The van der Waals surface area contributed by atoms with Gasteiger partial charge in [-0.3, -0.25) is 0 Å². The Morgan fingerprint density at radius 2 is 2.36 bits per heavy atom. The summed E-state index contributed by atoms with van der Waals surface area (Å²) in [6.45, 7) is 0. The van der Waals surface area contributed by atoms with E-state index in [0.29, 0.717) is 12.1 Å². The third-order valence-electron chi connectivity index (χ3n) is 2.08. The van der Waals surface area contributed by atoms with E-state index < -0.39 is 5.97 Å². The molecule has 76 valence electrons. The fourth-order valence-corrected chi connectivity index (χ4v) is 1.33. The van der Waals surface area contributed by atoms with Crippen LogP contribution in [-0.4, -0.2) is 26.4 Å². The van der Waals surface area contributed by atoms with E-state index in [-0.39, 0.29) is 11.8 Å². The summed E-state index contributed by atoms with van der Waals surface area (Å²) in [5.74, 6) is -0.605. The van der Waals surface area contributed by atoms with Gasteiger partial charge in [-0.05, 0) is 12.8 Å². The van der Waals surface area contributed by atoms with Gasteiger partial charge in [0, 0.05) is 12.8 Å². The Labute approximate surface area is 82.3 Å². The van der Waals surface area contributed by atoms with Crippen LogP contribution in [0.5, 0.6) is 0 Å². The van der Waals surface area contributed by atoms with Crippen molar-refractivity contribution in [1.82, 2.24) is 5.32 Å². The lowest BCUT2D eigenvalue weighted by atomic mass is 10.2. The van der Waals surface area contributed by atoms with Crippen molar-refractivity contribution in [2.24, 2.45) is 0 Å². The minimum atomic E-state index is -0.605. The number of esters is 1. The molecule has 1 saturated heterocycles. The highest BCUT2D eigenvalue weighted by Crippen LogP contribution is 2.19. The van der Waals surface area contributed by atoms with Gasteiger partial charge in [0.15, 0.2) is 5.57 Å². The average Bonchev–Trinajstić information content (AvgIpc) is 2.67. The van der Waals surface area contributed by atoms with E-state index >= 15 is 0 Å². The molecule has 14 heavy (non-hydrogen) atoms. The molecule has 0 radical (unpaired) electrons. The van der Waals surface area contributed by atoms with Crippen LogP contribution in [0.25, 0.3) is 0 Å². The first kappa shape index (κ1) is 10.5. The minimum Gasteiger partial charge on any atom is -0.465 e. The van der Waals surface area contributed by atoms with Gasteiger partial charge in [0.1, 0.15) is 12.3 Å². The Morgan fingerprint density at radius 3 is 2.79 bits per heavy atom. The van der Waals surface area contributed by atoms with Crippen molar-refractivity contribution < 1.29 is 14.3 Å². The number of nitriles is 1. The van der Waals surface area contributed by atoms with Crippen molar-refractivity contribution in [2.75, 3.05) is 14.2 Å². The van der Waals surface area contributed by atoms with Gasteiger partial charge in [-0.2, -0.15) is 5.26 Å². The van der Waals surface area contributed by atoms with Gasteiger partial charge in [-0.1, -0.05) is 0 Å². The molecular formula is C9H12N2O3. The molecule has 0 aromatic carbocycles. The summed E-state index contributed by atoms with van der Waals surface area (Å²) in [6, 6.07) is 1.83. The molecule has 0 saturated carbocycles. The fraction of sp³-hybridized carbons (Fsp3) is 0.556. The number of allylic oxidation sites excluding steroid dienone is 1. The molecule has 5 heteroatoms. The second-order valence-corrected chi connectivity index (χ2v) is 2.86. The van der Waals surface area contributed by atoms with Crippen LogP contribution in [0.4, 0.5) is 0 Å². The van der Waals surface area contributed by atoms with Crippen LogP contribution < -0.4 is 5.32 Å². The molecule has 1 heterocycles. The Hall–Kier alpha value is -1.54. The van der Waals surface area contributed by atoms with E-state index in [9.17, 15) is 4.79 Å². The van der Waals surface area contributed by atoms with E-state index in [2.05, 4.69) is 10.1 Å². The van der Waals surface area contributed by atoms with Crippen molar-refractivity contribution in [3.8, 4) is 6.07 Å². The van der Waals surface area contributed by atoms with Crippen molar-refractivity contribution in [2.45, 2.75) is 19.1 Å². The lowest BCUT2D eigenvalue weighted by Crippen LogP contribution is -2.23. The summed E-state index contributed by atoms with van der Waals surface area (Å²) >= 11 is 0. The third kappa shape index (κ3) is 2.03. The molecule has 5 nitrogen and oxygen atoms in total. The predicted molar refractivity (Wildman–Crippen MR) is 47.8 cm³/mol. The minimum absolute atomic E-state index is 0.0343. The first-order valence-electron chi connectivity index (χ1n) is 4.23. The molecule has 1 aliphatic rings. The van der Waals surface area contributed by atoms with Crippen molar-refractivity contribution >= 4 is 5.97 Å². The largest absolute Gasteiger partial charge is 0.465 e. The molecule has 1 aliphatic heterocycles. The van der Waals surface area contributed by atoms with Gasteiger partial charge in [0.05, 0.1) is 7.11 Å². The molecule has 1 atom stereocenters. The summed E-state index contributed by atoms with van der Waals surface area (Å²) in [7, 11) is 2.83. The maximum absolute atomic E-state index is 11.1. The van der Waals surface area contributed by atoms with E-state index in [1.807, 2.05) is 6.07 Å². The van der Waals surface area contributed by atoms with E-state index in [4.69, 9.17) is 10.00 Å². The zero-order valence-electron chi connectivity index (χ0n) is 8.16. The smallest absolute Gasteiger partial charge is 0.350 e. The second kappa shape index (κ2) is 4.63. The molecule has 0 spiro atoms. The van der Waals surface area contributed by atoms with Crippen molar-refractivity contribution in [3.63, 3.8) is 0 Å². The van der Waals surface area contributed by atoms with E-state index in [1.54, 1.807) is 7.11 Å². The molecule has 0 aliphatic carbocycles. The lowest BCUT2D eigenvalue weighted by Gasteiger charge is -2.08. The molecular weight excluding hydrogens is 184 g/mol. The Bertz CT molecular complexity index is 304. The Balaban J connectivity index is 2.82. The number of hydrogen-bond donors (Lipinski definition) is 1. The summed E-state index contributed by atoms with van der Waals surface area (Å²) in [6.07, 6.45) is 1.28. The highest BCUT2D eigenvalue weighted by molar-refractivity contribution is 5.93. The molecule has 0 bridgehead atoms. The number of rotatable bonds is 2. The van der Waals surface area contributed by atoms with Gasteiger partial charge < -0.3 is 14.8 Å². The molecule has 1 N–H and O–H groups in total. The highest BCUT2D eigenvalue weighted by atomic mass is 16.5. The normalized spacial score (nSPS) is 23.6. The SMILES string of the molecule is COC(=O)/C(C#N)=C1\CCC(OC)N1. The number of nitrogens with zero attached hydrogens (tertiary/aromatic N) is 1. The first-order valence-corrected chi connectivity index (χ1v) is 4.23. The maximum atomic E-state index is 11.1. The van der Waals surface area contributed by atoms with Crippen molar-refractivity contribution in [3.05, 3.63) is 11.3 Å². The number of carbonyl (C=O) groups excluding carboxylic acids is 1. The highest BCUT2D eigenvalue weighted by Gasteiger charge is 2.24. The van der Waals surface area contributed by atoms with Gasteiger partial charge in [-0.25, -0.2) is 4.79 Å². The quantitative estimate of drug-likeness (QED) is 0.390. The molecule has 1 rings (SSSR count). The fourth-order valence-electron chi connectivity index (χ4n) is 1.33. The van der Waals surface area contributed by atoms with Gasteiger partial charge >= 0.3 is 5.97 Å². The summed E-state index contributed by atoms with van der Waals surface area (Å²) in [5.41, 5.74) is 0.637. The maximum Gasteiger partial charge on any atom is 0.350 e. The number of ether oxygens (including phenoxy) is 2. The van der Waals surface area contributed by atoms with Gasteiger partial charge in [0.25, 0.3) is 0 Å². The van der Waals surface area contributed by atoms with Crippen LogP contribution in [0.3, 0.4) is 0 Å². The average molecular weight is 196 g/mol. The second-order valence-electron chi connectivity index (χ2n) is 2.86. The lowest BCUT2D eigenvalue weighted by molar-refractivity contribution is -0.135. The Kier molecular flexibility index (Phi) is 3.48. The topological polar surface area (TPSA) is 71.4 Å². The Morgan fingerprint density at radius 1 is 1.64 bits per heavy atom. The number of methoxy groups -OCH3 is 2. The van der Waals surface area contributed by atoms with Crippen LogP contribution in [0.15, 0.2) is 11.3 Å².